The lowest BCUT2D eigenvalue weighted by molar-refractivity contribution is -0.121. The first kappa shape index (κ1) is 12.8. The molecular formula is C10H21NOS. The van der Waals surface area contributed by atoms with E-state index in [1.165, 1.54) is 0 Å². The Bertz CT molecular complexity index is 161. The van der Waals surface area contributed by atoms with Crippen LogP contribution in [-0.2, 0) is 4.79 Å². The number of amides is 1. The lowest BCUT2D eigenvalue weighted by atomic mass is 10.3. The first-order valence-corrected chi connectivity index (χ1v) is 5.73. The molecule has 0 aromatic heterocycles. The number of carbonyl (C=O) groups is 1. The first-order valence-electron chi connectivity index (χ1n) is 4.74. The van der Waals surface area contributed by atoms with Crippen LogP contribution in [-0.4, -0.2) is 22.4 Å². The maximum atomic E-state index is 11.2. The largest absolute Gasteiger partial charge is 0.354 e. The monoisotopic (exact) mass is 203 g/mol. The van der Waals surface area contributed by atoms with Gasteiger partial charge in [0.05, 0.1) is 0 Å². The zero-order valence-electron chi connectivity index (χ0n) is 9.31. The molecule has 0 bridgehead atoms. The standard InChI is InChI=1S/C10H21NOS/c1-8(2)11-9(12)6-7-13-10(3,4)5/h8H,6-7H2,1-5H3,(H,11,12). The van der Waals surface area contributed by atoms with Gasteiger partial charge < -0.3 is 5.32 Å². The molecule has 0 aromatic carbocycles. The van der Waals surface area contributed by atoms with Crippen LogP contribution in [0.15, 0.2) is 0 Å². The summed E-state index contributed by atoms with van der Waals surface area (Å²) in [4.78, 5) is 11.2. The molecular weight excluding hydrogens is 182 g/mol. The fraction of sp³-hybridized carbons (Fsp3) is 0.900. The Kier molecular flexibility index (Phi) is 5.45. The zero-order chi connectivity index (χ0) is 10.5. The highest BCUT2D eigenvalue weighted by atomic mass is 32.2. The third kappa shape index (κ3) is 9.74. The second-order valence-electron chi connectivity index (χ2n) is 4.43. The molecule has 0 aromatic rings. The van der Waals surface area contributed by atoms with Crippen LogP contribution >= 0.6 is 11.8 Å². The van der Waals surface area contributed by atoms with Crippen LogP contribution in [0.5, 0.6) is 0 Å². The molecule has 0 heterocycles. The molecule has 0 atom stereocenters. The maximum Gasteiger partial charge on any atom is 0.221 e. The Morgan fingerprint density at radius 1 is 1.38 bits per heavy atom. The molecule has 0 aliphatic carbocycles. The molecule has 0 spiro atoms. The highest BCUT2D eigenvalue weighted by molar-refractivity contribution is 8.00. The average molecular weight is 203 g/mol. The molecule has 0 aliphatic rings. The summed E-state index contributed by atoms with van der Waals surface area (Å²) in [6.45, 7) is 10.5. The van der Waals surface area contributed by atoms with Crippen molar-refractivity contribution >= 4 is 17.7 Å². The van der Waals surface area contributed by atoms with Gasteiger partial charge in [0.2, 0.25) is 5.91 Å². The average Bonchev–Trinajstić information content (AvgIpc) is 1.81. The number of hydrogen-bond acceptors (Lipinski definition) is 2. The van der Waals surface area contributed by atoms with Crippen LogP contribution in [0.1, 0.15) is 41.0 Å². The highest BCUT2D eigenvalue weighted by Gasteiger charge is 2.11. The molecule has 0 aliphatic heterocycles. The SMILES string of the molecule is CC(C)NC(=O)CCSC(C)(C)C. The summed E-state index contributed by atoms with van der Waals surface area (Å²) in [5.41, 5.74) is 0. The first-order chi connectivity index (χ1) is 5.81. The second-order valence-corrected chi connectivity index (χ2v) is 6.35. The van der Waals surface area contributed by atoms with Crippen molar-refractivity contribution in [3.05, 3.63) is 0 Å². The lowest BCUT2D eigenvalue weighted by Gasteiger charge is -2.17. The Morgan fingerprint density at radius 2 is 1.92 bits per heavy atom. The molecule has 0 saturated heterocycles. The van der Waals surface area contributed by atoms with Crippen LogP contribution in [0.25, 0.3) is 0 Å². The maximum absolute atomic E-state index is 11.2. The van der Waals surface area contributed by atoms with Crippen molar-refractivity contribution in [1.29, 1.82) is 0 Å². The summed E-state index contributed by atoms with van der Waals surface area (Å²) >= 11 is 1.83. The quantitative estimate of drug-likeness (QED) is 0.760. The molecule has 2 nitrogen and oxygen atoms in total. The van der Waals surface area contributed by atoms with Crippen LogP contribution in [0.4, 0.5) is 0 Å². The van der Waals surface area contributed by atoms with E-state index in [0.29, 0.717) is 6.42 Å². The van der Waals surface area contributed by atoms with Gasteiger partial charge in [-0.1, -0.05) is 20.8 Å². The van der Waals surface area contributed by atoms with E-state index in [4.69, 9.17) is 0 Å². The summed E-state index contributed by atoms with van der Waals surface area (Å²) in [6.07, 6.45) is 0.625. The van der Waals surface area contributed by atoms with Crippen molar-refractivity contribution in [2.45, 2.75) is 51.8 Å². The van der Waals surface area contributed by atoms with Crippen molar-refractivity contribution in [1.82, 2.24) is 5.32 Å². The molecule has 13 heavy (non-hydrogen) atoms. The summed E-state index contributed by atoms with van der Waals surface area (Å²) < 4.78 is 0.262. The number of rotatable bonds is 4. The molecule has 0 fully saturated rings. The lowest BCUT2D eigenvalue weighted by Crippen LogP contribution is -2.30. The van der Waals surface area contributed by atoms with Gasteiger partial charge >= 0.3 is 0 Å². The molecule has 0 unspecified atom stereocenters. The van der Waals surface area contributed by atoms with Gasteiger partial charge in [0, 0.05) is 23.0 Å². The number of nitrogens with one attached hydrogen (secondary N) is 1. The number of thioether (sulfide) groups is 1. The second kappa shape index (κ2) is 5.53. The minimum Gasteiger partial charge on any atom is -0.354 e. The predicted molar refractivity (Wildman–Crippen MR) is 60.1 cm³/mol. The van der Waals surface area contributed by atoms with Gasteiger partial charge in [-0.25, -0.2) is 0 Å². The van der Waals surface area contributed by atoms with E-state index in [1.54, 1.807) is 0 Å². The molecule has 1 N–H and O–H groups in total. The third-order valence-electron chi connectivity index (χ3n) is 1.31. The minimum atomic E-state index is 0.159. The van der Waals surface area contributed by atoms with Gasteiger partial charge in [0.15, 0.2) is 0 Å². The Hall–Kier alpha value is -0.180. The molecule has 0 radical (unpaired) electrons. The Labute approximate surface area is 85.9 Å². The third-order valence-corrected chi connectivity index (χ3v) is 2.59. The predicted octanol–water partition coefficient (Wildman–Crippen LogP) is 2.43. The van der Waals surface area contributed by atoms with E-state index in [0.717, 1.165) is 5.75 Å². The van der Waals surface area contributed by atoms with Gasteiger partial charge in [-0.15, -0.1) is 0 Å². The molecule has 0 rings (SSSR count). The number of carbonyl (C=O) groups excluding carboxylic acids is 1. The minimum absolute atomic E-state index is 0.159. The summed E-state index contributed by atoms with van der Waals surface area (Å²) in [5, 5.41) is 2.88. The van der Waals surface area contributed by atoms with Crippen LogP contribution in [0.3, 0.4) is 0 Å². The summed E-state index contributed by atoms with van der Waals surface area (Å²) in [7, 11) is 0. The van der Waals surface area contributed by atoms with E-state index in [9.17, 15) is 4.79 Å². The van der Waals surface area contributed by atoms with E-state index in [1.807, 2.05) is 25.6 Å². The van der Waals surface area contributed by atoms with E-state index in [2.05, 4.69) is 26.1 Å². The van der Waals surface area contributed by atoms with Crippen molar-refractivity contribution in [2.24, 2.45) is 0 Å². The van der Waals surface area contributed by atoms with Crippen molar-refractivity contribution < 1.29 is 4.79 Å². The smallest absolute Gasteiger partial charge is 0.221 e. The van der Waals surface area contributed by atoms with Crippen molar-refractivity contribution in [2.75, 3.05) is 5.75 Å². The van der Waals surface area contributed by atoms with E-state index < -0.39 is 0 Å². The topological polar surface area (TPSA) is 29.1 Å². The van der Waals surface area contributed by atoms with Gasteiger partial charge in [0.1, 0.15) is 0 Å². The fourth-order valence-corrected chi connectivity index (χ4v) is 1.74. The molecule has 3 heteroatoms. The van der Waals surface area contributed by atoms with Crippen molar-refractivity contribution in [3.8, 4) is 0 Å². The summed E-state index contributed by atoms with van der Waals surface area (Å²) in [5.74, 6) is 1.06. The summed E-state index contributed by atoms with van der Waals surface area (Å²) in [6, 6.07) is 0.257. The van der Waals surface area contributed by atoms with Gasteiger partial charge in [-0.05, 0) is 13.8 Å². The highest BCUT2D eigenvalue weighted by Crippen LogP contribution is 2.23. The van der Waals surface area contributed by atoms with Gasteiger partial charge in [-0.3, -0.25) is 4.79 Å². The van der Waals surface area contributed by atoms with E-state index in [-0.39, 0.29) is 16.7 Å². The zero-order valence-corrected chi connectivity index (χ0v) is 10.1. The van der Waals surface area contributed by atoms with Crippen molar-refractivity contribution in [3.63, 3.8) is 0 Å². The van der Waals surface area contributed by atoms with E-state index >= 15 is 0 Å². The fourth-order valence-electron chi connectivity index (χ4n) is 0.844. The number of hydrogen-bond donors (Lipinski definition) is 1. The Balaban J connectivity index is 3.49. The van der Waals surface area contributed by atoms with Crippen LogP contribution < -0.4 is 5.32 Å². The van der Waals surface area contributed by atoms with Gasteiger partial charge in [-0.2, -0.15) is 11.8 Å². The van der Waals surface area contributed by atoms with Crippen LogP contribution in [0.2, 0.25) is 0 Å². The molecule has 1 amide bonds. The molecule has 0 saturated carbocycles. The van der Waals surface area contributed by atoms with Crippen LogP contribution in [0, 0.1) is 0 Å². The Morgan fingerprint density at radius 3 is 2.31 bits per heavy atom. The normalized spacial score (nSPS) is 11.8. The van der Waals surface area contributed by atoms with Gasteiger partial charge in [0.25, 0.3) is 0 Å². The molecule has 78 valence electrons.